The summed E-state index contributed by atoms with van der Waals surface area (Å²) in [5.41, 5.74) is 1.46. The van der Waals surface area contributed by atoms with Gasteiger partial charge in [-0.15, -0.1) is 11.3 Å². The maximum atomic E-state index is 13.1. The average Bonchev–Trinajstić information content (AvgIpc) is 3.25. The molecule has 0 aliphatic carbocycles. The number of ether oxygens (including phenoxy) is 2. The van der Waals surface area contributed by atoms with Gasteiger partial charge in [0.05, 0.1) is 33.5 Å². The molecule has 4 rings (SSSR count). The van der Waals surface area contributed by atoms with Crippen LogP contribution in [0.3, 0.4) is 0 Å². The van der Waals surface area contributed by atoms with Crippen molar-refractivity contribution in [2.24, 2.45) is 0 Å². The van der Waals surface area contributed by atoms with Crippen molar-refractivity contribution in [3.05, 3.63) is 83.4 Å². The Balaban J connectivity index is 1.50. The summed E-state index contributed by atoms with van der Waals surface area (Å²) in [6, 6.07) is 20.1. The van der Waals surface area contributed by atoms with Gasteiger partial charge >= 0.3 is 5.97 Å². The van der Waals surface area contributed by atoms with Gasteiger partial charge in [0.1, 0.15) is 17.4 Å². The molecule has 164 valence electrons. The summed E-state index contributed by atoms with van der Waals surface area (Å²) >= 11 is 1.45. The fourth-order valence-electron chi connectivity index (χ4n) is 3.06. The molecule has 0 atom stereocenters. The second-order valence-corrected chi connectivity index (χ2v) is 9.93. The third-order valence-corrected chi connectivity index (χ3v) is 7.62. The van der Waals surface area contributed by atoms with Crippen LogP contribution in [0.1, 0.15) is 15.4 Å². The third kappa shape index (κ3) is 4.44. The van der Waals surface area contributed by atoms with E-state index in [1.807, 2.05) is 24.3 Å². The van der Waals surface area contributed by atoms with Crippen molar-refractivity contribution in [2.75, 3.05) is 18.5 Å². The van der Waals surface area contributed by atoms with Crippen LogP contribution >= 0.6 is 11.3 Å². The van der Waals surface area contributed by atoms with Crippen LogP contribution in [0.4, 0.5) is 5.69 Å². The molecule has 9 heteroatoms. The van der Waals surface area contributed by atoms with Crippen molar-refractivity contribution in [3.63, 3.8) is 0 Å². The zero-order chi connectivity index (χ0) is 22.7. The van der Waals surface area contributed by atoms with E-state index < -0.39 is 16.0 Å². The van der Waals surface area contributed by atoms with Gasteiger partial charge in [-0.1, -0.05) is 18.2 Å². The number of fused-ring (bicyclic) bond motifs is 1. The highest BCUT2D eigenvalue weighted by Gasteiger charge is 2.23. The van der Waals surface area contributed by atoms with E-state index in [1.54, 1.807) is 24.3 Å². The molecule has 0 spiro atoms. The molecule has 0 N–H and O–H groups in total. The normalized spacial score (nSPS) is 11.3. The van der Waals surface area contributed by atoms with Crippen molar-refractivity contribution in [1.29, 1.82) is 0 Å². The lowest BCUT2D eigenvalue weighted by Gasteiger charge is -2.20. The van der Waals surface area contributed by atoms with Gasteiger partial charge in [-0.3, -0.25) is 4.31 Å². The fraction of sp³-hybridized carbons (Fsp3) is 0.130. The number of sulfonamides is 1. The van der Waals surface area contributed by atoms with Crippen molar-refractivity contribution in [2.45, 2.75) is 11.5 Å². The van der Waals surface area contributed by atoms with Gasteiger partial charge in [0.2, 0.25) is 0 Å². The highest BCUT2D eigenvalue weighted by molar-refractivity contribution is 7.92. The molecule has 3 aromatic carbocycles. The Morgan fingerprint density at radius 2 is 1.78 bits per heavy atom. The monoisotopic (exact) mass is 468 g/mol. The summed E-state index contributed by atoms with van der Waals surface area (Å²) in [4.78, 5) is 17.0. The first-order valence-electron chi connectivity index (χ1n) is 9.63. The minimum Gasteiger partial charge on any atom is -0.497 e. The summed E-state index contributed by atoms with van der Waals surface area (Å²) in [6.07, 6.45) is 0. The van der Waals surface area contributed by atoms with Gasteiger partial charge in [0, 0.05) is 7.05 Å². The number of carbonyl (C=O) groups excluding carboxylic acids is 1. The number of thiazole rings is 1. The molecular formula is C23H20N2O5S2. The topological polar surface area (TPSA) is 85.8 Å². The van der Waals surface area contributed by atoms with Crippen LogP contribution in [0, 0.1) is 0 Å². The molecule has 0 saturated heterocycles. The van der Waals surface area contributed by atoms with E-state index in [0.717, 1.165) is 14.5 Å². The maximum Gasteiger partial charge on any atom is 0.338 e. The van der Waals surface area contributed by atoms with Crippen molar-refractivity contribution < 1.29 is 22.7 Å². The first-order valence-corrected chi connectivity index (χ1v) is 11.9. The van der Waals surface area contributed by atoms with Gasteiger partial charge in [-0.25, -0.2) is 18.2 Å². The molecule has 7 nitrogen and oxygen atoms in total. The molecule has 0 aliphatic heterocycles. The van der Waals surface area contributed by atoms with Gasteiger partial charge in [-0.2, -0.15) is 0 Å². The SMILES string of the molecule is COc1ccc(N(C)S(=O)(=O)c2cccc(C(=O)OCc3nc4ccccc4s3)c2)cc1. The Kier molecular flexibility index (Phi) is 6.11. The summed E-state index contributed by atoms with van der Waals surface area (Å²) in [5.74, 6) is 0.00539. The quantitative estimate of drug-likeness (QED) is 0.372. The molecule has 32 heavy (non-hydrogen) atoms. The largest absolute Gasteiger partial charge is 0.497 e. The van der Waals surface area contributed by atoms with E-state index in [1.165, 1.54) is 49.8 Å². The minimum absolute atomic E-state index is 0.00902. The maximum absolute atomic E-state index is 13.1. The highest BCUT2D eigenvalue weighted by Crippen LogP contribution is 2.25. The second-order valence-electron chi connectivity index (χ2n) is 6.85. The molecule has 0 unspecified atom stereocenters. The van der Waals surface area contributed by atoms with E-state index in [0.29, 0.717) is 16.4 Å². The smallest absolute Gasteiger partial charge is 0.338 e. The van der Waals surface area contributed by atoms with Crippen LogP contribution in [-0.2, 0) is 21.4 Å². The van der Waals surface area contributed by atoms with Crippen LogP contribution in [0.2, 0.25) is 0 Å². The van der Waals surface area contributed by atoms with E-state index in [2.05, 4.69) is 4.98 Å². The lowest BCUT2D eigenvalue weighted by molar-refractivity contribution is 0.0472. The Bertz CT molecular complexity index is 1330. The summed E-state index contributed by atoms with van der Waals surface area (Å²) in [6.45, 7) is 0.0148. The molecule has 4 aromatic rings. The summed E-state index contributed by atoms with van der Waals surface area (Å²) < 4.78 is 38.8. The molecule has 0 aliphatic rings. The standard InChI is InChI=1S/C23H20N2O5S2/c1-25(17-10-12-18(29-2)13-11-17)32(27,28)19-7-5-6-16(14-19)23(26)30-15-22-24-20-8-3-4-9-21(20)31-22/h3-14H,15H2,1-2H3. The molecule has 1 aromatic heterocycles. The molecule has 0 radical (unpaired) electrons. The number of benzene rings is 3. The number of nitrogens with zero attached hydrogens (tertiary/aromatic N) is 2. The zero-order valence-electron chi connectivity index (χ0n) is 17.4. The molecule has 0 fully saturated rings. The minimum atomic E-state index is -3.88. The summed E-state index contributed by atoms with van der Waals surface area (Å²) in [5, 5.41) is 0.669. The van der Waals surface area contributed by atoms with Crippen LogP contribution in [-0.4, -0.2) is 33.5 Å². The number of anilines is 1. The Labute approximate surface area is 189 Å². The van der Waals surface area contributed by atoms with Crippen molar-refractivity contribution in [1.82, 2.24) is 4.98 Å². The molecule has 0 amide bonds. The third-order valence-electron chi connectivity index (χ3n) is 4.83. The first kappa shape index (κ1) is 21.8. The number of carbonyl (C=O) groups is 1. The van der Waals surface area contributed by atoms with Crippen molar-refractivity contribution in [3.8, 4) is 5.75 Å². The van der Waals surface area contributed by atoms with Crippen LogP contribution < -0.4 is 9.04 Å². The molecule has 1 heterocycles. The summed E-state index contributed by atoms with van der Waals surface area (Å²) in [7, 11) is -0.885. The average molecular weight is 469 g/mol. The molecular weight excluding hydrogens is 448 g/mol. The van der Waals surface area contributed by atoms with Gasteiger partial charge in [-0.05, 0) is 54.6 Å². The lowest BCUT2D eigenvalue weighted by atomic mass is 10.2. The fourth-order valence-corrected chi connectivity index (χ4v) is 5.19. The number of esters is 1. The van der Waals surface area contributed by atoms with Gasteiger partial charge in [0.15, 0.2) is 0 Å². The number of aromatic nitrogens is 1. The Morgan fingerprint density at radius 1 is 1.03 bits per heavy atom. The zero-order valence-corrected chi connectivity index (χ0v) is 19.0. The van der Waals surface area contributed by atoms with Crippen LogP contribution in [0.5, 0.6) is 5.75 Å². The number of methoxy groups -OCH3 is 1. The highest BCUT2D eigenvalue weighted by atomic mass is 32.2. The molecule has 0 saturated carbocycles. The van der Waals surface area contributed by atoms with E-state index >= 15 is 0 Å². The van der Waals surface area contributed by atoms with Gasteiger partial charge in [0.25, 0.3) is 10.0 Å². The van der Waals surface area contributed by atoms with Crippen LogP contribution in [0.25, 0.3) is 10.2 Å². The van der Waals surface area contributed by atoms with E-state index in [9.17, 15) is 13.2 Å². The van der Waals surface area contributed by atoms with E-state index in [-0.39, 0.29) is 17.1 Å². The molecule has 0 bridgehead atoms. The second kappa shape index (κ2) is 8.97. The Hall–Kier alpha value is -3.43. The number of hydrogen-bond donors (Lipinski definition) is 0. The van der Waals surface area contributed by atoms with Gasteiger partial charge < -0.3 is 9.47 Å². The first-order chi connectivity index (χ1) is 15.4. The number of rotatable bonds is 7. The lowest BCUT2D eigenvalue weighted by Crippen LogP contribution is -2.26. The predicted molar refractivity (Wildman–Crippen MR) is 124 cm³/mol. The predicted octanol–water partition coefficient (Wildman–Crippen LogP) is 4.49. The van der Waals surface area contributed by atoms with Crippen LogP contribution in [0.15, 0.2) is 77.7 Å². The van der Waals surface area contributed by atoms with E-state index in [4.69, 9.17) is 9.47 Å². The Morgan fingerprint density at radius 3 is 2.50 bits per heavy atom. The number of hydrogen-bond acceptors (Lipinski definition) is 7. The van der Waals surface area contributed by atoms with Crippen molar-refractivity contribution >= 4 is 43.2 Å². The number of para-hydroxylation sites is 1.